The first-order valence-electron chi connectivity index (χ1n) is 11.8. The van der Waals surface area contributed by atoms with E-state index in [1.807, 2.05) is 24.3 Å². The van der Waals surface area contributed by atoms with Crippen LogP contribution in [0.2, 0.25) is 0 Å². The van der Waals surface area contributed by atoms with Crippen molar-refractivity contribution >= 4 is 29.2 Å². The highest BCUT2D eigenvalue weighted by Gasteiger charge is 2.16. The lowest BCUT2D eigenvalue weighted by atomic mass is 10.1. The number of hydrogen-bond donors (Lipinski definition) is 3. The third-order valence-corrected chi connectivity index (χ3v) is 5.32. The minimum atomic E-state index is -0.329. The lowest BCUT2D eigenvalue weighted by Gasteiger charge is -2.13. The van der Waals surface area contributed by atoms with Gasteiger partial charge in [0.2, 0.25) is 5.95 Å². The van der Waals surface area contributed by atoms with Gasteiger partial charge in [0.25, 0.3) is 5.91 Å². The Morgan fingerprint density at radius 2 is 1.81 bits per heavy atom. The first-order valence-corrected chi connectivity index (χ1v) is 11.8. The molecule has 4 rings (SSSR count). The van der Waals surface area contributed by atoms with Gasteiger partial charge in [0.05, 0.1) is 11.9 Å². The molecule has 0 aliphatic rings. The Labute approximate surface area is 216 Å². The van der Waals surface area contributed by atoms with Crippen LogP contribution in [0.4, 0.5) is 23.3 Å². The molecule has 0 spiro atoms. The Kier molecular flexibility index (Phi) is 8.45. The fourth-order valence-electron chi connectivity index (χ4n) is 3.40. The van der Waals surface area contributed by atoms with E-state index in [1.54, 1.807) is 30.7 Å². The van der Waals surface area contributed by atoms with Crippen LogP contribution >= 0.6 is 0 Å². The highest BCUT2D eigenvalue weighted by atomic mass is 16.1. The smallest absolute Gasteiger partial charge is 0.256 e. The van der Waals surface area contributed by atoms with E-state index in [1.165, 1.54) is 11.8 Å². The van der Waals surface area contributed by atoms with Gasteiger partial charge in [-0.15, -0.1) is 6.58 Å². The van der Waals surface area contributed by atoms with Crippen LogP contribution < -0.4 is 16.0 Å². The van der Waals surface area contributed by atoms with E-state index in [9.17, 15) is 4.79 Å². The molecule has 4 aromatic rings. The monoisotopic (exact) mass is 495 g/mol. The van der Waals surface area contributed by atoms with E-state index in [0.29, 0.717) is 35.5 Å². The van der Waals surface area contributed by atoms with Crippen LogP contribution in [0.15, 0.2) is 79.9 Å². The van der Waals surface area contributed by atoms with Gasteiger partial charge < -0.3 is 20.9 Å². The van der Waals surface area contributed by atoms with Crippen molar-refractivity contribution in [3.8, 4) is 11.4 Å². The maximum atomic E-state index is 12.8. The number of nitrogens with zero attached hydrogens (tertiary/aromatic N) is 6. The molecule has 0 aliphatic heterocycles. The molecule has 0 saturated carbocycles. The number of pyridine rings is 1. The SMILES string of the molecule is C=CCNC(=O)c1cnc(Nc2ccc(CCN(C)C)cc2)nc1Nc1cccc(-c2cnccn2)n1. The topological polar surface area (TPSA) is 121 Å². The summed E-state index contributed by atoms with van der Waals surface area (Å²) in [7, 11) is 4.11. The third kappa shape index (κ3) is 7.15. The molecule has 3 N–H and O–H groups in total. The highest BCUT2D eigenvalue weighted by Crippen LogP contribution is 2.23. The zero-order valence-corrected chi connectivity index (χ0v) is 20.8. The van der Waals surface area contributed by atoms with Crippen molar-refractivity contribution in [1.29, 1.82) is 0 Å². The number of amides is 1. The third-order valence-electron chi connectivity index (χ3n) is 5.32. The molecule has 0 atom stereocenters. The summed E-state index contributed by atoms with van der Waals surface area (Å²) in [6, 6.07) is 13.6. The van der Waals surface area contributed by atoms with Gasteiger partial charge in [0.1, 0.15) is 22.9 Å². The number of carbonyl (C=O) groups is 1. The van der Waals surface area contributed by atoms with Crippen LogP contribution in [-0.2, 0) is 6.42 Å². The van der Waals surface area contributed by atoms with Gasteiger partial charge in [0.15, 0.2) is 0 Å². The second kappa shape index (κ2) is 12.3. The van der Waals surface area contributed by atoms with Crippen molar-refractivity contribution in [3.05, 3.63) is 91.0 Å². The van der Waals surface area contributed by atoms with Crippen LogP contribution in [0.5, 0.6) is 0 Å². The zero-order chi connectivity index (χ0) is 26.0. The Morgan fingerprint density at radius 3 is 2.54 bits per heavy atom. The summed E-state index contributed by atoms with van der Waals surface area (Å²) in [6.07, 6.45) is 8.90. The van der Waals surface area contributed by atoms with E-state index in [0.717, 1.165) is 18.7 Å². The molecule has 1 aromatic carbocycles. The fraction of sp³-hybridized carbons (Fsp3) is 0.185. The van der Waals surface area contributed by atoms with E-state index >= 15 is 0 Å². The largest absolute Gasteiger partial charge is 0.348 e. The molecule has 37 heavy (non-hydrogen) atoms. The number of hydrogen-bond acceptors (Lipinski definition) is 9. The van der Waals surface area contributed by atoms with Crippen molar-refractivity contribution in [3.63, 3.8) is 0 Å². The van der Waals surface area contributed by atoms with Gasteiger partial charge in [-0.25, -0.2) is 9.97 Å². The Bertz CT molecular complexity index is 1340. The molecule has 0 unspecified atom stereocenters. The summed E-state index contributed by atoms with van der Waals surface area (Å²) in [5, 5.41) is 9.14. The lowest BCUT2D eigenvalue weighted by molar-refractivity contribution is 0.0958. The molecule has 1 amide bonds. The number of aromatic nitrogens is 5. The maximum Gasteiger partial charge on any atom is 0.256 e. The van der Waals surface area contributed by atoms with E-state index in [-0.39, 0.29) is 11.5 Å². The molecule has 10 nitrogen and oxygen atoms in total. The number of rotatable bonds is 11. The molecule has 188 valence electrons. The summed E-state index contributed by atoms with van der Waals surface area (Å²) < 4.78 is 0. The minimum absolute atomic E-state index is 0.276. The molecule has 0 saturated heterocycles. The maximum absolute atomic E-state index is 12.8. The second-order valence-corrected chi connectivity index (χ2v) is 8.45. The first kappa shape index (κ1) is 25.4. The van der Waals surface area contributed by atoms with Crippen molar-refractivity contribution in [1.82, 2.24) is 35.1 Å². The average Bonchev–Trinajstić information content (AvgIpc) is 2.92. The lowest BCUT2D eigenvalue weighted by Crippen LogP contribution is -2.25. The van der Waals surface area contributed by atoms with Gasteiger partial charge in [-0.05, 0) is 50.3 Å². The number of nitrogens with one attached hydrogen (secondary N) is 3. The van der Waals surface area contributed by atoms with Crippen LogP contribution in [0.25, 0.3) is 11.4 Å². The molecule has 10 heteroatoms. The standard InChI is InChI=1S/C27H29N9O/c1-4-13-30-26(37)21-17-31-27(32-20-10-8-19(9-11-20)12-16-36(2)3)35-25(21)34-24-7-5-6-22(33-24)23-18-28-14-15-29-23/h4-11,14-15,17-18H,1,12-13,16H2,2-3H3,(H,30,37)(H2,31,32,33,34,35). The first-order chi connectivity index (χ1) is 18.0. The zero-order valence-electron chi connectivity index (χ0n) is 20.8. The molecule has 0 aliphatic carbocycles. The minimum Gasteiger partial charge on any atom is -0.348 e. The number of carbonyl (C=O) groups excluding carboxylic acids is 1. The highest BCUT2D eigenvalue weighted by molar-refractivity contribution is 5.99. The molecule has 3 heterocycles. The average molecular weight is 496 g/mol. The van der Waals surface area contributed by atoms with Crippen molar-refractivity contribution in [2.45, 2.75) is 6.42 Å². The van der Waals surface area contributed by atoms with Crippen LogP contribution in [0.1, 0.15) is 15.9 Å². The second-order valence-electron chi connectivity index (χ2n) is 8.45. The molecular weight excluding hydrogens is 466 g/mol. The summed E-state index contributed by atoms with van der Waals surface area (Å²) in [6.45, 7) is 4.94. The molecular formula is C27H29N9O. The Hall–Kier alpha value is -4.70. The Balaban J connectivity index is 1.58. The fourth-order valence-corrected chi connectivity index (χ4v) is 3.40. The number of anilines is 4. The van der Waals surface area contributed by atoms with Crippen LogP contribution in [0.3, 0.4) is 0 Å². The van der Waals surface area contributed by atoms with Gasteiger partial charge in [-0.3, -0.25) is 14.8 Å². The predicted molar refractivity (Wildman–Crippen MR) is 145 cm³/mol. The number of likely N-dealkylation sites (N-methyl/N-ethyl adjacent to an activating group) is 1. The summed E-state index contributed by atoms with van der Waals surface area (Å²) in [5.74, 6) is 0.819. The van der Waals surface area contributed by atoms with Gasteiger partial charge in [-0.2, -0.15) is 4.98 Å². The summed E-state index contributed by atoms with van der Waals surface area (Å²) in [4.78, 5) is 36.9. The number of benzene rings is 1. The molecule has 0 radical (unpaired) electrons. The predicted octanol–water partition coefficient (Wildman–Crippen LogP) is 3.84. The van der Waals surface area contributed by atoms with E-state index in [2.05, 4.69) is 78.6 Å². The van der Waals surface area contributed by atoms with E-state index in [4.69, 9.17) is 0 Å². The van der Waals surface area contributed by atoms with E-state index < -0.39 is 0 Å². The Morgan fingerprint density at radius 1 is 0.973 bits per heavy atom. The molecule has 3 aromatic heterocycles. The van der Waals surface area contributed by atoms with Gasteiger partial charge >= 0.3 is 0 Å². The summed E-state index contributed by atoms with van der Waals surface area (Å²) >= 11 is 0. The van der Waals surface area contributed by atoms with Crippen molar-refractivity contribution in [2.75, 3.05) is 37.8 Å². The van der Waals surface area contributed by atoms with Crippen LogP contribution in [0, 0.1) is 0 Å². The molecule has 0 bridgehead atoms. The normalized spacial score (nSPS) is 10.7. The van der Waals surface area contributed by atoms with Crippen LogP contribution in [-0.4, -0.2) is 62.9 Å². The summed E-state index contributed by atoms with van der Waals surface area (Å²) in [5.41, 5.74) is 3.63. The van der Waals surface area contributed by atoms with Gasteiger partial charge in [-0.1, -0.05) is 24.3 Å². The van der Waals surface area contributed by atoms with Crippen molar-refractivity contribution in [2.24, 2.45) is 0 Å². The molecule has 0 fully saturated rings. The van der Waals surface area contributed by atoms with Gasteiger partial charge in [0, 0.05) is 37.4 Å². The quantitative estimate of drug-likeness (QED) is 0.267. The van der Waals surface area contributed by atoms with Crippen molar-refractivity contribution < 1.29 is 4.79 Å².